The van der Waals surface area contributed by atoms with Crippen molar-refractivity contribution in [3.05, 3.63) is 58.3 Å². The number of fused-ring (bicyclic) bond motifs is 5. The number of hydrogen-bond acceptors (Lipinski definition) is 9. The average molecular weight is 885 g/mol. The lowest BCUT2D eigenvalue weighted by atomic mass is 10.0. The molecule has 8 rings (SSSR count). The lowest BCUT2D eigenvalue weighted by Gasteiger charge is -2.17. The third-order valence-electron chi connectivity index (χ3n) is 10.2. The van der Waals surface area contributed by atoms with Crippen LogP contribution in [0.1, 0.15) is 80.9 Å². The van der Waals surface area contributed by atoms with E-state index in [1.165, 1.54) is 108 Å². The molecule has 0 saturated heterocycles. The first-order valence-electron chi connectivity index (χ1n) is 20.5. The maximum Gasteiger partial charge on any atom is 0.193 e. The predicted molar refractivity (Wildman–Crippen MR) is 265 cm³/mol. The van der Waals surface area contributed by atoms with Crippen molar-refractivity contribution in [3.8, 4) is 104 Å². The second-order valence-corrected chi connectivity index (χ2v) is 19.9. The van der Waals surface area contributed by atoms with Crippen molar-refractivity contribution in [2.24, 2.45) is 0 Å². The van der Waals surface area contributed by atoms with Gasteiger partial charge in [-0.1, -0.05) is 64.7 Å². The van der Waals surface area contributed by atoms with Crippen LogP contribution in [0.25, 0.3) is 72.3 Å². The summed E-state index contributed by atoms with van der Waals surface area (Å²) in [5, 5.41) is 4.85. The lowest BCUT2D eigenvalue weighted by molar-refractivity contribution is 0.295. The highest BCUT2D eigenvalue weighted by atomic mass is 32.1. The van der Waals surface area contributed by atoms with Gasteiger partial charge in [0, 0.05) is 67.9 Å². The molecule has 61 heavy (non-hydrogen) atoms. The van der Waals surface area contributed by atoms with Crippen molar-refractivity contribution in [1.29, 1.82) is 0 Å². The summed E-state index contributed by atoms with van der Waals surface area (Å²) in [4.78, 5) is 4.64. The van der Waals surface area contributed by atoms with E-state index < -0.39 is 0 Å². The number of terminal acetylenes is 1. The van der Waals surface area contributed by atoms with Gasteiger partial charge in [0.15, 0.2) is 11.5 Å². The van der Waals surface area contributed by atoms with E-state index in [-0.39, 0.29) is 0 Å². The molecule has 3 aromatic carbocycles. The fourth-order valence-corrected chi connectivity index (χ4v) is 12.2. The molecule has 5 heterocycles. The van der Waals surface area contributed by atoms with Crippen molar-refractivity contribution in [1.82, 2.24) is 8.75 Å². The second kappa shape index (κ2) is 20.2. The van der Waals surface area contributed by atoms with Gasteiger partial charge >= 0.3 is 0 Å². The topological polar surface area (TPSA) is 44.2 Å². The molecular formula is C52H40N2O2S5. The fraction of sp³-hybridized carbons (Fsp3) is 0.269. The highest BCUT2D eigenvalue weighted by Crippen LogP contribution is 2.54. The molecule has 0 amide bonds. The largest absolute Gasteiger partial charge is 0.489 e. The van der Waals surface area contributed by atoms with Gasteiger partial charge in [-0.3, -0.25) is 0 Å². The molecule has 300 valence electrons. The number of benzene rings is 3. The standard InChI is InChI=1S/C52H40N2O2S5/c1-5-7-9-11-13-15-17-19-21-23-25-55-51-47(45-33-39-31-41-37(27-35(3)57-41)29-43(39)59-45)49-50(54-61-53-49)48(52(51)56-26-24-22-20-18-16-14-12-10-8-6-2)46-34-40-32-42-38(28-36(4)58-42)30-44(40)60-46/h1,27-34H,6,8,10,12,14,16,18,20,22,24,26H2,2-4H3. The summed E-state index contributed by atoms with van der Waals surface area (Å²) in [5.74, 6) is 27.1. The molecule has 0 aliphatic rings. The first-order chi connectivity index (χ1) is 30.0. The van der Waals surface area contributed by atoms with E-state index in [4.69, 9.17) is 24.6 Å². The van der Waals surface area contributed by atoms with Gasteiger partial charge in [0.25, 0.3) is 0 Å². The molecule has 0 N–H and O–H groups in total. The predicted octanol–water partition coefficient (Wildman–Crippen LogP) is 14.8. The van der Waals surface area contributed by atoms with Gasteiger partial charge in [-0.05, 0) is 120 Å². The molecule has 9 heteroatoms. The monoisotopic (exact) mass is 884 g/mol. The maximum absolute atomic E-state index is 6.96. The zero-order valence-electron chi connectivity index (χ0n) is 34.2. The molecule has 5 aromatic heterocycles. The van der Waals surface area contributed by atoms with Crippen molar-refractivity contribution in [2.75, 3.05) is 6.61 Å². The van der Waals surface area contributed by atoms with Crippen LogP contribution in [0.4, 0.5) is 0 Å². The number of thiophene rings is 4. The molecule has 0 radical (unpaired) electrons. The lowest BCUT2D eigenvalue weighted by Crippen LogP contribution is -2.03. The highest BCUT2D eigenvalue weighted by molar-refractivity contribution is 7.23. The number of ether oxygens (including phenoxy) is 2. The molecule has 0 saturated carbocycles. The van der Waals surface area contributed by atoms with E-state index in [9.17, 15) is 0 Å². The Morgan fingerprint density at radius 1 is 0.508 bits per heavy atom. The van der Waals surface area contributed by atoms with Gasteiger partial charge in [-0.2, -0.15) is 8.75 Å². The van der Waals surface area contributed by atoms with Crippen LogP contribution in [0.5, 0.6) is 11.5 Å². The minimum absolute atomic E-state index is 0.513. The van der Waals surface area contributed by atoms with Crippen LogP contribution in [0.15, 0.2) is 48.5 Å². The molecular weight excluding hydrogens is 845 g/mol. The van der Waals surface area contributed by atoms with Gasteiger partial charge in [-0.25, -0.2) is 0 Å². The quantitative estimate of drug-likeness (QED) is 0.0760. The molecule has 8 aromatic rings. The molecule has 0 fully saturated rings. The van der Waals surface area contributed by atoms with Crippen molar-refractivity contribution in [3.63, 3.8) is 0 Å². The summed E-state index contributed by atoms with van der Waals surface area (Å²) in [6.45, 7) is 7.11. The Hall–Kier alpha value is -5.72. The summed E-state index contributed by atoms with van der Waals surface area (Å²) in [6, 6.07) is 18.1. The first kappa shape index (κ1) is 42.0. The minimum Gasteiger partial charge on any atom is -0.489 e. The van der Waals surface area contributed by atoms with Crippen LogP contribution >= 0.6 is 57.1 Å². The minimum atomic E-state index is 0.513. The Bertz CT molecular complexity index is 3190. The van der Waals surface area contributed by atoms with Gasteiger partial charge in [-0.15, -0.1) is 51.8 Å². The summed E-state index contributed by atoms with van der Waals surface area (Å²) in [7, 11) is 0. The summed E-state index contributed by atoms with van der Waals surface area (Å²) in [6.07, 6.45) is 20.4. The van der Waals surface area contributed by atoms with Crippen LogP contribution in [0, 0.1) is 85.6 Å². The molecule has 0 bridgehead atoms. The zero-order chi connectivity index (χ0) is 42.0. The van der Waals surface area contributed by atoms with Gasteiger partial charge in [0.1, 0.15) is 17.1 Å². The number of nitrogens with zero attached hydrogens (tertiary/aromatic N) is 2. The molecule has 0 aliphatic carbocycles. The van der Waals surface area contributed by atoms with E-state index in [1.54, 1.807) is 22.7 Å². The van der Waals surface area contributed by atoms with E-state index in [0.717, 1.165) is 50.1 Å². The Morgan fingerprint density at radius 3 is 1.48 bits per heavy atom. The third kappa shape index (κ3) is 9.92. The van der Waals surface area contributed by atoms with Gasteiger partial charge in [0.2, 0.25) is 0 Å². The summed E-state index contributed by atoms with van der Waals surface area (Å²) < 4.78 is 28.4. The van der Waals surface area contributed by atoms with E-state index in [0.29, 0.717) is 18.1 Å². The Balaban J connectivity index is 1.21. The fourth-order valence-electron chi connectivity index (χ4n) is 7.43. The number of rotatable bonds is 15. The molecule has 4 nitrogen and oxygen atoms in total. The van der Waals surface area contributed by atoms with Crippen LogP contribution in [0.2, 0.25) is 0 Å². The average Bonchev–Trinajstić information content (AvgIpc) is 4.09. The van der Waals surface area contributed by atoms with Gasteiger partial charge < -0.3 is 9.47 Å². The maximum atomic E-state index is 6.96. The number of aryl methyl sites for hydroxylation is 2. The number of unbranched alkanes of at least 4 members (excludes halogenated alkanes) is 9. The van der Waals surface area contributed by atoms with Crippen molar-refractivity contribution >= 4 is 108 Å². The van der Waals surface area contributed by atoms with E-state index in [1.807, 2.05) is 22.7 Å². The smallest absolute Gasteiger partial charge is 0.193 e. The van der Waals surface area contributed by atoms with E-state index in [2.05, 4.69) is 135 Å². The second-order valence-electron chi connectivity index (χ2n) is 14.7. The Kier molecular flexibility index (Phi) is 13.9. The first-order valence-corrected chi connectivity index (χ1v) is 24.5. The molecule has 0 aliphatic heterocycles. The van der Waals surface area contributed by atoms with Crippen molar-refractivity contribution < 1.29 is 9.47 Å². The summed E-state index contributed by atoms with van der Waals surface area (Å²) in [5.41, 5.74) is 3.23. The molecule has 0 unspecified atom stereocenters. The SMILES string of the molecule is C#CC#CC#CC#CC#CC#COc1c(OCCCCCCCCCCCC)c(-c2cc3cc4sc(C)cc4cc3s2)c2nsnc2c1-c1cc2cc3sc(C)cc3cc2s1. The molecule has 0 spiro atoms. The Morgan fingerprint density at radius 2 is 0.951 bits per heavy atom. The highest BCUT2D eigenvalue weighted by Gasteiger charge is 2.29. The zero-order valence-corrected chi connectivity index (χ0v) is 38.3. The Labute approximate surface area is 378 Å². The third-order valence-corrected chi connectivity index (χ3v) is 15.0. The van der Waals surface area contributed by atoms with Crippen LogP contribution < -0.4 is 9.47 Å². The van der Waals surface area contributed by atoms with Crippen LogP contribution in [0.3, 0.4) is 0 Å². The normalized spacial score (nSPS) is 10.6. The summed E-state index contributed by atoms with van der Waals surface area (Å²) >= 11 is 8.28. The number of hydrogen-bond donors (Lipinski definition) is 0. The molecule has 0 atom stereocenters. The number of aromatic nitrogens is 2. The van der Waals surface area contributed by atoms with Gasteiger partial charge in [0.05, 0.1) is 29.5 Å². The van der Waals surface area contributed by atoms with Crippen molar-refractivity contribution in [2.45, 2.75) is 85.0 Å². The van der Waals surface area contributed by atoms with Crippen LogP contribution in [-0.2, 0) is 0 Å². The van der Waals surface area contributed by atoms with Crippen LogP contribution in [-0.4, -0.2) is 15.4 Å². The van der Waals surface area contributed by atoms with E-state index >= 15 is 0 Å².